The minimum Gasteiger partial charge on any atom is -0.484 e. The summed E-state index contributed by atoms with van der Waals surface area (Å²) < 4.78 is 5.55. The standard InChI is InChI=1S/C20H25N3O3S/c1-16-4-2-3-5-18(16)26-14-19(24)21-7-8-22-9-11-23(12-10-22)20(25)17-6-13-27-15-17/h2-6,13,15H,7-12,14H2,1H3,(H,21,24). The molecule has 2 amide bonds. The fraction of sp³-hybridized carbons (Fsp3) is 0.400. The highest BCUT2D eigenvalue weighted by Crippen LogP contribution is 2.15. The molecule has 1 aromatic carbocycles. The van der Waals surface area contributed by atoms with Gasteiger partial charge in [-0.3, -0.25) is 14.5 Å². The highest BCUT2D eigenvalue weighted by Gasteiger charge is 2.22. The van der Waals surface area contributed by atoms with Crippen molar-refractivity contribution in [3.8, 4) is 5.75 Å². The first-order valence-electron chi connectivity index (χ1n) is 9.12. The lowest BCUT2D eigenvalue weighted by Gasteiger charge is -2.34. The smallest absolute Gasteiger partial charge is 0.257 e. The van der Waals surface area contributed by atoms with Crippen LogP contribution in [0.3, 0.4) is 0 Å². The van der Waals surface area contributed by atoms with Crippen molar-refractivity contribution in [1.82, 2.24) is 15.1 Å². The number of piperazine rings is 1. The molecule has 1 aromatic heterocycles. The third-order valence-corrected chi connectivity index (χ3v) is 5.31. The molecule has 0 radical (unpaired) electrons. The zero-order valence-electron chi connectivity index (χ0n) is 15.5. The Labute approximate surface area is 163 Å². The Hall–Kier alpha value is -2.38. The summed E-state index contributed by atoms with van der Waals surface area (Å²) >= 11 is 1.54. The number of nitrogens with one attached hydrogen (secondary N) is 1. The Balaban J connectivity index is 1.31. The highest BCUT2D eigenvalue weighted by molar-refractivity contribution is 7.08. The van der Waals surface area contributed by atoms with Gasteiger partial charge in [0.2, 0.25) is 0 Å². The van der Waals surface area contributed by atoms with E-state index in [1.165, 1.54) is 0 Å². The van der Waals surface area contributed by atoms with Gasteiger partial charge in [0.05, 0.1) is 5.56 Å². The molecule has 6 nitrogen and oxygen atoms in total. The van der Waals surface area contributed by atoms with E-state index < -0.39 is 0 Å². The molecule has 0 bridgehead atoms. The fourth-order valence-electron chi connectivity index (χ4n) is 3.01. The van der Waals surface area contributed by atoms with Gasteiger partial charge in [0.25, 0.3) is 11.8 Å². The number of para-hydroxylation sites is 1. The Kier molecular flexibility index (Phi) is 6.84. The number of amides is 2. The normalized spacial score (nSPS) is 14.8. The molecule has 2 aromatic rings. The van der Waals surface area contributed by atoms with Gasteiger partial charge in [0, 0.05) is 44.6 Å². The van der Waals surface area contributed by atoms with Crippen LogP contribution in [0.4, 0.5) is 0 Å². The summed E-state index contributed by atoms with van der Waals surface area (Å²) in [7, 11) is 0. The third-order valence-electron chi connectivity index (χ3n) is 4.63. The zero-order valence-corrected chi connectivity index (χ0v) is 16.3. The molecule has 2 heterocycles. The lowest BCUT2D eigenvalue weighted by atomic mass is 10.2. The van der Waals surface area contributed by atoms with E-state index >= 15 is 0 Å². The van der Waals surface area contributed by atoms with Gasteiger partial charge in [0.1, 0.15) is 5.75 Å². The van der Waals surface area contributed by atoms with Gasteiger partial charge >= 0.3 is 0 Å². The molecule has 1 fully saturated rings. The van der Waals surface area contributed by atoms with Gasteiger partial charge in [-0.1, -0.05) is 18.2 Å². The van der Waals surface area contributed by atoms with Gasteiger partial charge in [-0.25, -0.2) is 0 Å². The number of benzene rings is 1. The third kappa shape index (κ3) is 5.55. The number of carbonyl (C=O) groups excluding carboxylic acids is 2. The first kappa shape index (κ1) is 19.4. The van der Waals surface area contributed by atoms with E-state index in [0.29, 0.717) is 6.54 Å². The van der Waals surface area contributed by atoms with E-state index in [9.17, 15) is 9.59 Å². The SMILES string of the molecule is Cc1ccccc1OCC(=O)NCCN1CCN(C(=O)c2ccsc2)CC1. The number of ether oxygens (including phenoxy) is 1. The second kappa shape index (κ2) is 9.53. The number of hydrogen-bond acceptors (Lipinski definition) is 5. The Bertz CT molecular complexity index is 756. The summed E-state index contributed by atoms with van der Waals surface area (Å²) in [5.74, 6) is 0.723. The topological polar surface area (TPSA) is 61.9 Å². The molecule has 7 heteroatoms. The van der Waals surface area contributed by atoms with Crippen LogP contribution < -0.4 is 10.1 Å². The van der Waals surface area contributed by atoms with Crippen molar-refractivity contribution < 1.29 is 14.3 Å². The Morgan fingerprint density at radius 1 is 1.15 bits per heavy atom. The molecule has 0 unspecified atom stereocenters. The maximum Gasteiger partial charge on any atom is 0.257 e. The summed E-state index contributed by atoms with van der Waals surface area (Å²) in [6.07, 6.45) is 0. The van der Waals surface area contributed by atoms with Gasteiger partial charge in [-0.15, -0.1) is 0 Å². The van der Waals surface area contributed by atoms with Crippen molar-refractivity contribution in [2.24, 2.45) is 0 Å². The fourth-order valence-corrected chi connectivity index (χ4v) is 3.64. The zero-order chi connectivity index (χ0) is 19.1. The summed E-state index contributed by atoms with van der Waals surface area (Å²) in [4.78, 5) is 28.4. The lowest BCUT2D eigenvalue weighted by molar-refractivity contribution is -0.123. The van der Waals surface area contributed by atoms with Crippen LogP contribution in [-0.2, 0) is 4.79 Å². The largest absolute Gasteiger partial charge is 0.484 e. The number of thiophene rings is 1. The van der Waals surface area contributed by atoms with Crippen molar-refractivity contribution in [3.63, 3.8) is 0 Å². The quantitative estimate of drug-likeness (QED) is 0.790. The van der Waals surface area contributed by atoms with Crippen molar-refractivity contribution in [2.45, 2.75) is 6.92 Å². The van der Waals surface area contributed by atoms with Gasteiger partial charge < -0.3 is 15.0 Å². The number of rotatable bonds is 7. The van der Waals surface area contributed by atoms with E-state index in [0.717, 1.165) is 49.6 Å². The molecule has 0 aliphatic carbocycles. The maximum atomic E-state index is 12.3. The van der Waals surface area contributed by atoms with Crippen molar-refractivity contribution in [1.29, 1.82) is 0 Å². The van der Waals surface area contributed by atoms with Crippen molar-refractivity contribution in [2.75, 3.05) is 45.9 Å². The molecule has 0 spiro atoms. The monoisotopic (exact) mass is 387 g/mol. The number of carbonyl (C=O) groups is 2. The first-order chi connectivity index (χ1) is 13.1. The predicted octanol–water partition coefficient (Wildman–Crippen LogP) is 2.01. The first-order valence-corrected chi connectivity index (χ1v) is 10.1. The second-order valence-electron chi connectivity index (χ2n) is 6.55. The van der Waals surface area contributed by atoms with E-state index in [-0.39, 0.29) is 18.4 Å². The van der Waals surface area contributed by atoms with E-state index in [1.807, 2.05) is 52.9 Å². The maximum absolute atomic E-state index is 12.3. The van der Waals surface area contributed by atoms with Gasteiger partial charge in [0.15, 0.2) is 6.61 Å². The molecule has 1 aliphatic heterocycles. The molecule has 1 saturated heterocycles. The van der Waals surface area contributed by atoms with E-state index in [4.69, 9.17) is 4.74 Å². The van der Waals surface area contributed by atoms with Gasteiger partial charge in [-0.2, -0.15) is 11.3 Å². The van der Waals surface area contributed by atoms with Crippen LogP contribution in [-0.4, -0.2) is 67.5 Å². The minimum atomic E-state index is -0.121. The molecular formula is C20H25N3O3S. The van der Waals surface area contributed by atoms with Crippen LogP contribution in [0.2, 0.25) is 0 Å². The Morgan fingerprint density at radius 3 is 2.63 bits per heavy atom. The molecule has 144 valence electrons. The summed E-state index contributed by atoms with van der Waals surface area (Å²) in [5.41, 5.74) is 1.79. The number of hydrogen-bond donors (Lipinski definition) is 1. The van der Waals surface area contributed by atoms with Crippen LogP contribution in [0.1, 0.15) is 15.9 Å². The molecule has 0 atom stereocenters. The van der Waals surface area contributed by atoms with Gasteiger partial charge in [-0.05, 0) is 30.0 Å². The van der Waals surface area contributed by atoms with Crippen LogP contribution in [0.15, 0.2) is 41.1 Å². The van der Waals surface area contributed by atoms with Crippen LogP contribution >= 0.6 is 11.3 Å². The van der Waals surface area contributed by atoms with Crippen molar-refractivity contribution in [3.05, 3.63) is 52.2 Å². The number of aryl methyl sites for hydroxylation is 1. The second-order valence-corrected chi connectivity index (χ2v) is 7.33. The number of nitrogens with zero attached hydrogens (tertiary/aromatic N) is 2. The summed E-state index contributed by atoms with van der Waals surface area (Å²) in [6.45, 7) is 6.42. The van der Waals surface area contributed by atoms with Crippen LogP contribution in [0, 0.1) is 6.92 Å². The predicted molar refractivity (Wildman–Crippen MR) is 106 cm³/mol. The minimum absolute atomic E-state index is 0.0216. The molecule has 1 aliphatic rings. The molecule has 27 heavy (non-hydrogen) atoms. The molecule has 1 N–H and O–H groups in total. The molecular weight excluding hydrogens is 362 g/mol. The van der Waals surface area contributed by atoms with Crippen LogP contribution in [0.25, 0.3) is 0 Å². The average molecular weight is 388 g/mol. The lowest BCUT2D eigenvalue weighted by Crippen LogP contribution is -2.50. The average Bonchev–Trinajstić information content (AvgIpc) is 3.22. The highest BCUT2D eigenvalue weighted by atomic mass is 32.1. The van der Waals surface area contributed by atoms with Crippen molar-refractivity contribution >= 4 is 23.2 Å². The summed E-state index contributed by atoms with van der Waals surface area (Å²) in [5, 5.41) is 6.71. The summed E-state index contributed by atoms with van der Waals surface area (Å²) in [6, 6.07) is 9.52. The van der Waals surface area contributed by atoms with Crippen LogP contribution in [0.5, 0.6) is 5.75 Å². The Morgan fingerprint density at radius 2 is 1.93 bits per heavy atom. The molecule has 0 saturated carbocycles. The van der Waals surface area contributed by atoms with E-state index in [2.05, 4.69) is 10.2 Å². The molecule has 3 rings (SSSR count). The van der Waals surface area contributed by atoms with E-state index in [1.54, 1.807) is 11.3 Å².